The molecule has 0 fully saturated rings. The molecule has 0 aliphatic heterocycles. The van der Waals surface area contributed by atoms with Gasteiger partial charge in [0.2, 0.25) is 0 Å². The van der Waals surface area contributed by atoms with Crippen LogP contribution in [0.5, 0.6) is 17.2 Å². The van der Waals surface area contributed by atoms with Gasteiger partial charge < -0.3 is 0 Å². The molecule has 0 radical (unpaired) electrons. The molecule has 0 saturated carbocycles. The number of hydrogen-bond acceptors (Lipinski definition) is 4. The van der Waals surface area contributed by atoms with Crippen molar-refractivity contribution in [1.82, 2.24) is 0 Å². The van der Waals surface area contributed by atoms with E-state index in [0.29, 0.717) is 6.61 Å². The molecule has 0 aliphatic rings. The average molecular weight is 790 g/mol. The summed E-state index contributed by atoms with van der Waals surface area (Å²) in [5.74, 6) is 2.52. The van der Waals surface area contributed by atoms with Gasteiger partial charge in [-0.05, 0) is 0 Å². The van der Waals surface area contributed by atoms with Crippen LogP contribution >= 0.6 is 0 Å². The second-order valence-corrected chi connectivity index (χ2v) is 39.3. The molecule has 0 heterocycles. The molecule has 0 bridgehead atoms. The Labute approximate surface area is 264 Å². The summed E-state index contributed by atoms with van der Waals surface area (Å²) in [5, 5.41) is 0. The van der Waals surface area contributed by atoms with Gasteiger partial charge in [0.15, 0.2) is 0 Å². The first-order valence-corrected chi connectivity index (χ1v) is 32.9. The summed E-state index contributed by atoms with van der Waals surface area (Å²) in [6, 6.07) is 2.27. The molecular formula is C35H68O4Sn2. The Morgan fingerprint density at radius 2 is 0.951 bits per heavy atom. The number of methoxy groups -OCH3 is 3. The summed E-state index contributed by atoms with van der Waals surface area (Å²) in [6.45, 7) is 14.8. The van der Waals surface area contributed by atoms with E-state index in [9.17, 15) is 0 Å². The number of benzene rings is 1. The Balaban J connectivity index is 3.70. The van der Waals surface area contributed by atoms with E-state index in [2.05, 4.69) is 47.6 Å². The van der Waals surface area contributed by atoms with Crippen LogP contribution in [0.25, 0.3) is 0 Å². The Kier molecular flexibility index (Phi) is 21.7. The fourth-order valence-electron chi connectivity index (χ4n) is 6.82. The first kappa shape index (κ1) is 39.2. The minimum atomic E-state index is -2.92. The average Bonchev–Trinajstić information content (AvgIpc) is 3.00. The number of rotatable bonds is 26. The molecule has 0 amide bonds. The van der Waals surface area contributed by atoms with Crippen molar-refractivity contribution < 1.29 is 18.9 Å². The van der Waals surface area contributed by atoms with Gasteiger partial charge in [-0.3, -0.25) is 0 Å². The van der Waals surface area contributed by atoms with E-state index in [1.54, 1.807) is 17.8 Å². The second-order valence-electron chi connectivity index (χ2n) is 12.6. The van der Waals surface area contributed by atoms with Crippen LogP contribution < -0.4 is 17.8 Å². The Morgan fingerprint density at radius 1 is 0.537 bits per heavy atom. The molecule has 0 saturated heterocycles. The van der Waals surface area contributed by atoms with Crippen LogP contribution in [0.4, 0.5) is 0 Å². The third kappa shape index (κ3) is 12.2. The predicted octanol–water partition coefficient (Wildman–Crippen LogP) is 10.7. The van der Waals surface area contributed by atoms with E-state index in [1.807, 2.05) is 7.11 Å². The van der Waals surface area contributed by atoms with Crippen LogP contribution in [0.1, 0.15) is 124 Å². The summed E-state index contributed by atoms with van der Waals surface area (Å²) >= 11 is -5.32. The van der Waals surface area contributed by atoms with Crippen LogP contribution in [0, 0.1) is 0 Å². The Morgan fingerprint density at radius 3 is 1.32 bits per heavy atom. The van der Waals surface area contributed by atoms with Crippen LogP contribution in [0.15, 0.2) is 6.07 Å². The molecule has 240 valence electrons. The van der Waals surface area contributed by atoms with Gasteiger partial charge in [0, 0.05) is 0 Å². The van der Waals surface area contributed by atoms with Crippen molar-refractivity contribution in [2.24, 2.45) is 0 Å². The molecule has 41 heavy (non-hydrogen) atoms. The molecule has 1 rings (SSSR count). The molecule has 0 aromatic heterocycles. The first-order chi connectivity index (χ1) is 19.9. The minimum absolute atomic E-state index is 0.693. The maximum absolute atomic E-state index is 6.97. The van der Waals surface area contributed by atoms with E-state index < -0.39 is 36.8 Å². The van der Waals surface area contributed by atoms with Crippen molar-refractivity contribution in [3.63, 3.8) is 0 Å². The normalized spacial score (nSPS) is 12.1. The third-order valence-electron chi connectivity index (χ3n) is 9.32. The van der Waals surface area contributed by atoms with E-state index in [-0.39, 0.29) is 0 Å². The van der Waals surface area contributed by atoms with Gasteiger partial charge in [-0.25, -0.2) is 0 Å². The quantitative estimate of drug-likeness (QED) is 0.0876. The van der Waals surface area contributed by atoms with Crippen molar-refractivity contribution in [3.8, 4) is 17.2 Å². The molecule has 6 heteroatoms. The molecule has 1 aromatic carbocycles. The van der Waals surface area contributed by atoms with Crippen molar-refractivity contribution in [2.45, 2.75) is 152 Å². The van der Waals surface area contributed by atoms with Gasteiger partial charge in [-0.15, -0.1) is 0 Å². The van der Waals surface area contributed by atoms with Gasteiger partial charge in [0.05, 0.1) is 0 Å². The number of ether oxygens (including phenoxy) is 4. The van der Waals surface area contributed by atoms with Crippen LogP contribution in [0.3, 0.4) is 0 Å². The van der Waals surface area contributed by atoms with Gasteiger partial charge in [0.1, 0.15) is 0 Å². The summed E-state index contributed by atoms with van der Waals surface area (Å²) in [6.07, 6.45) is 15.7. The van der Waals surface area contributed by atoms with Crippen molar-refractivity contribution in [1.29, 1.82) is 0 Å². The number of unbranched alkanes of at least 4 members (excludes halogenated alkanes) is 6. The van der Waals surface area contributed by atoms with Crippen molar-refractivity contribution in [2.75, 3.05) is 26.0 Å². The fraction of sp³-hybridized carbons (Fsp3) is 0.829. The first-order valence-electron chi connectivity index (χ1n) is 17.3. The molecule has 0 N–H and O–H groups in total. The Hall–Kier alpha value is 0.177. The summed E-state index contributed by atoms with van der Waals surface area (Å²) in [4.78, 5) is 0. The van der Waals surface area contributed by atoms with Gasteiger partial charge >= 0.3 is 266 Å². The predicted molar refractivity (Wildman–Crippen MR) is 185 cm³/mol. The van der Waals surface area contributed by atoms with Gasteiger partial charge in [-0.1, -0.05) is 0 Å². The fourth-order valence-corrected chi connectivity index (χ4v) is 38.6. The van der Waals surface area contributed by atoms with Crippen molar-refractivity contribution in [3.05, 3.63) is 11.6 Å². The van der Waals surface area contributed by atoms with Crippen LogP contribution in [-0.2, 0) is 11.3 Å². The SMILES string of the molecule is CCC[CH2][Sn]([CH2]CCC)([CH2]CCC)[CH2]OCc1cc(OC)c(OC)c(OC)[c]1[Sn]([CH2]CCC)([CH2]CCC)[CH2]CCC. The summed E-state index contributed by atoms with van der Waals surface area (Å²) < 4.78 is 36.4. The third-order valence-corrected chi connectivity index (χ3v) is 39.6. The maximum atomic E-state index is 6.97. The van der Waals surface area contributed by atoms with Crippen LogP contribution in [0.2, 0.25) is 26.6 Å². The zero-order chi connectivity index (χ0) is 30.6. The molecule has 0 atom stereocenters. The molecular weight excluding hydrogens is 722 g/mol. The van der Waals surface area contributed by atoms with Gasteiger partial charge in [-0.2, -0.15) is 0 Å². The second kappa shape index (κ2) is 22.7. The van der Waals surface area contributed by atoms with Gasteiger partial charge in [0.25, 0.3) is 0 Å². The van der Waals surface area contributed by atoms with E-state index in [4.69, 9.17) is 18.9 Å². The summed E-state index contributed by atoms with van der Waals surface area (Å²) in [7, 11) is 5.36. The standard InChI is InChI=1S/C11H14O4.6C4H9.2Sn/c1-12-7-8-5-9(13-2)11(15-4)10(6-8)14-3;6*1-3-4-2;;/h5H,1,7H2,2-4H3;6*1,3-4H2,2H3;;. The van der Waals surface area contributed by atoms with E-state index >= 15 is 0 Å². The monoisotopic (exact) mass is 792 g/mol. The topological polar surface area (TPSA) is 36.9 Å². The van der Waals surface area contributed by atoms with E-state index in [0.717, 1.165) is 21.9 Å². The number of hydrogen-bond donors (Lipinski definition) is 0. The zero-order valence-electron chi connectivity index (χ0n) is 28.9. The Bertz CT molecular complexity index is 770. The molecule has 0 unspecified atom stereocenters. The van der Waals surface area contributed by atoms with E-state index in [1.165, 1.54) is 109 Å². The molecule has 0 aliphatic carbocycles. The molecule has 4 nitrogen and oxygen atoms in total. The van der Waals surface area contributed by atoms with Crippen LogP contribution in [-0.4, -0.2) is 62.7 Å². The van der Waals surface area contributed by atoms with Crippen molar-refractivity contribution >= 4 is 40.3 Å². The summed E-state index contributed by atoms with van der Waals surface area (Å²) in [5.41, 5.74) is 1.35. The molecule has 0 spiro atoms. The molecule has 1 aromatic rings. The zero-order valence-corrected chi connectivity index (χ0v) is 34.6.